The highest BCUT2D eigenvalue weighted by Gasteiger charge is 2.07. The second kappa shape index (κ2) is 2.97. The third-order valence-electron chi connectivity index (χ3n) is 1.39. The molecule has 0 spiro atoms. The van der Waals surface area contributed by atoms with Crippen molar-refractivity contribution in [1.29, 1.82) is 0 Å². The summed E-state index contributed by atoms with van der Waals surface area (Å²) in [5, 5.41) is 0.267. The van der Waals surface area contributed by atoms with Crippen LogP contribution in [0.15, 0.2) is 30.7 Å². The zero-order valence-electron chi connectivity index (χ0n) is 5.67. The van der Waals surface area contributed by atoms with E-state index in [1.165, 1.54) is 0 Å². The van der Waals surface area contributed by atoms with Gasteiger partial charge in [0.2, 0.25) is 0 Å². The van der Waals surface area contributed by atoms with Crippen molar-refractivity contribution in [3.63, 3.8) is 0 Å². The van der Waals surface area contributed by atoms with Crippen molar-refractivity contribution in [2.75, 3.05) is 0 Å². The minimum Gasteiger partial charge on any atom is -0.428 e. The summed E-state index contributed by atoms with van der Waals surface area (Å²) in [5.74, 6) is 0. The molecular formula is C7H2Br2NOS. The summed E-state index contributed by atoms with van der Waals surface area (Å²) < 4.78 is 6.99. The van der Waals surface area contributed by atoms with Crippen LogP contribution in [-0.4, -0.2) is 4.98 Å². The van der Waals surface area contributed by atoms with E-state index in [2.05, 4.69) is 36.8 Å². The molecule has 0 amide bonds. The predicted octanol–water partition coefficient (Wildman–Crippen LogP) is 3.91. The Morgan fingerprint density at radius 2 is 2.08 bits per heavy atom. The average Bonchev–Trinajstić information content (AvgIpc) is 2.29. The van der Waals surface area contributed by atoms with Crippen LogP contribution in [0.25, 0.3) is 11.1 Å². The number of fused-ring (bicyclic) bond motifs is 1. The van der Waals surface area contributed by atoms with Crippen LogP contribution < -0.4 is 0 Å². The van der Waals surface area contributed by atoms with Crippen molar-refractivity contribution in [2.24, 2.45) is 0 Å². The SMILES string of the molecule is [S]c1nc2c(Br)cc(Br)cc2o1. The van der Waals surface area contributed by atoms with Crippen LogP contribution in [0.3, 0.4) is 0 Å². The van der Waals surface area contributed by atoms with Crippen molar-refractivity contribution in [3.05, 3.63) is 21.1 Å². The molecule has 0 saturated heterocycles. The summed E-state index contributed by atoms with van der Waals surface area (Å²) in [6.07, 6.45) is 0. The van der Waals surface area contributed by atoms with Gasteiger partial charge in [-0.3, -0.25) is 0 Å². The minimum atomic E-state index is 0.267. The quantitative estimate of drug-likeness (QED) is 0.737. The van der Waals surface area contributed by atoms with E-state index >= 15 is 0 Å². The highest BCUT2D eigenvalue weighted by atomic mass is 79.9. The van der Waals surface area contributed by atoms with Gasteiger partial charge in [-0.2, -0.15) is 4.98 Å². The average molecular weight is 308 g/mol. The monoisotopic (exact) mass is 306 g/mol. The zero-order chi connectivity index (χ0) is 8.72. The lowest BCUT2D eigenvalue weighted by Crippen LogP contribution is -1.71. The highest BCUT2D eigenvalue weighted by Crippen LogP contribution is 2.29. The molecule has 0 aliphatic heterocycles. The van der Waals surface area contributed by atoms with Crippen LogP contribution in [0.2, 0.25) is 0 Å². The lowest BCUT2D eigenvalue weighted by molar-refractivity contribution is 0.492. The molecule has 0 aliphatic rings. The first-order chi connectivity index (χ1) is 5.66. The number of hydrogen-bond donors (Lipinski definition) is 0. The lowest BCUT2D eigenvalue weighted by atomic mass is 10.3. The molecule has 1 aromatic heterocycles. The van der Waals surface area contributed by atoms with Gasteiger partial charge in [0.05, 0.1) is 0 Å². The maximum Gasteiger partial charge on any atom is 0.289 e. The van der Waals surface area contributed by atoms with Gasteiger partial charge in [-0.15, -0.1) is 0 Å². The molecular weight excluding hydrogens is 306 g/mol. The fourth-order valence-electron chi connectivity index (χ4n) is 0.937. The van der Waals surface area contributed by atoms with Gasteiger partial charge >= 0.3 is 0 Å². The molecule has 2 aromatic rings. The molecule has 12 heavy (non-hydrogen) atoms. The van der Waals surface area contributed by atoms with Crippen LogP contribution in [0.4, 0.5) is 0 Å². The summed E-state index contributed by atoms with van der Waals surface area (Å²) >= 11 is 11.5. The van der Waals surface area contributed by atoms with Crippen molar-refractivity contribution in [1.82, 2.24) is 4.98 Å². The first kappa shape index (κ1) is 8.47. The van der Waals surface area contributed by atoms with Crippen LogP contribution in [0, 0.1) is 0 Å². The van der Waals surface area contributed by atoms with Crippen LogP contribution >= 0.6 is 44.5 Å². The van der Waals surface area contributed by atoms with E-state index in [4.69, 9.17) is 17.0 Å². The Morgan fingerprint density at radius 1 is 1.33 bits per heavy atom. The van der Waals surface area contributed by atoms with Crippen molar-refractivity contribution in [3.8, 4) is 0 Å². The Balaban J connectivity index is 2.88. The molecule has 2 nitrogen and oxygen atoms in total. The Kier molecular flexibility index (Phi) is 2.10. The molecule has 0 atom stereocenters. The molecule has 0 unspecified atom stereocenters. The topological polar surface area (TPSA) is 26.0 Å². The summed E-state index contributed by atoms with van der Waals surface area (Å²) in [5.41, 5.74) is 1.46. The first-order valence-electron chi connectivity index (χ1n) is 3.09. The van der Waals surface area contributed by atoms with Crippen molar-refractivity contribution in [2.45, 2.75) is 5.22 Å². The molecule has 0 N–H and O–H groups in total. The summed E-state index contributed by atoms with van der Waals surface area (Å²) in [4.78, 5) is 4.03. The summed E-state index contributed by atoms with van der Waals surface area (Å²) in [6.45, 7) is 0. The summed E-state index contributed by atoms with van der Waals surface area (Å²) in [6, 6.07) is 3.74. The molecule has 1 aromatic carbocycles. The second-order valence-electron chi connectivity index (χ2n) is 2.21. The molecule has 61 valence electrons. The van der Waals surface area contributed by atoms with E-state index in [0.29, 0.717) is 5.58 Å². The third-order valence-corrected chi connectivity index (χ3v) is 2.63. The molecule has 0 fully saturated rings. The molecule has 5 heteroatoms. The fraction of sp³-hybridized carbons (Fsp3) is 0. The van der Waals surface area contributed by atoms with E-state index in [1.807, 2.05) is 12.1 Å². The van der Waals surface area contributed by atoms with Gasteiger partial charge in [-0.25, -0.2) is 0 Å². The summed E-state index contributed by atoms with van der Waals surface area (Å²) in [7, 11) is 0. The number of rotatable bonds is 0. The van der Waals surface area contributed by atoms with Crippen LogP contribution in [-0.2, 0) is 0 Å². The smallest absolute Gasteiger partial charge is 0.289 e. The molecule has 2 rings (SSSR count). The standard InChI is InChI=1S/C7H2Br2NOS/c8-3-1-4(9)6-5(2-3)11-7(12)10-6/h1-2H. The van der Waals surface area contributed by atoms with Crippen LogP contribution in [0.5, 0.6) is 0 Å². The highest BCUT2D eigenvalue weighted by molar-refractivity contribution is 9.11. The lowest BCUT2D eigenvalue weighted by Gasteiger charge is -1.91. The van der Waals surface area contributed by atoms with E-state index < -0.39 is 0 Å². The maximum absolute atomic E-state index is 5.17. The molecule has 0 aliphatic carbocycles. The van der Waals surface area contributed by atoms with E-state index in [9.17, 15) is 0 Å². The van der Waals surface area contributed by atoms with E-state index in [-0.39, 0.29) is 5.22 Å². The van der Waals surface area contributed by atoms with Gasteiger partial charge in [-0.05, 0) is 40.7 Å². The maximum atomic E-state index is 5.17. The number of hydrogen-bond acceptors (Lipinski definition) is 2. The number of oxazole rings is 1. The van der Waals surface area contributed by atoms with Gasteiger partial charge in [0, 0.05) is 8.95 Å². The predicted molar refractivity (Wildman–Crippen MR) is 55.3 cm³/mol. The number of halogens is 2. The van der Waals surface area contributed by atoms with E-state index in [1.54, 1.807) is 0 Å². The number of benzene rings is 1. The molecule has 1 radical (unpaired) electrons. The Bertz CT molecular complexity index is 440. The van der Waals surface area contributed by atoms with Crippen molar-refractivity contribution < 1.29 is 4.42 Å². The van der Waals surface area contributed by atoms with Gasteiger partial charge < -0.3 is 4.42 Å². The number of nitrogens with zero attached hydrogens (tertiary/aromatic N) is 1. The minimum absolute atomic E-state index is 0.267. The van der Waals surface area contributed by atoms with Crippen molar-refractivity contribution >= 4 is 55.6 Å². The van der Waals surface area contributed by atoms with Gasteiger partial charge in [0.25, 0.3) is 5.22 Å². The van der Waals surface area contributed by atoms with Gasteiger partial charge in [0.15, 0.2) is 5.58 Å². The Morgan fingerprint density at radius 3 is 2.83 bits per heavy atom. The van der Waals surface area contributed by atoms with Gasteiger partial charge in [-0.1, -0.05) is 15.9 Å². The zero-order valence-corrected chi connectivity index (χ0v) is 9.66. The first-order valence-corrected chi connectivity index (χ1v) is 5.09. The largest absolute Gasteiger partial charge is 0.428 e. The molecule has 1 heterocycles. The van der Waals surface area contributed by atoms with E-state index in [0.717, 1.165) is 14.5 Å². The van der Waals surface area contributed by atoms with Crippen LogP contribution in [0.1, 0.15) is 0 Å². The second-order valence-corrected chi connectivity index (χ2v) is 4.33. The Labute approximate surface area is 91.0 Å². The molecule has 0 saturated carbocycles. The normalized spacial score (nSPS) is 10.8. The molecule has 0 bridgehead atoms. The Hall–Kier alpha value is -0.130. The fourth-order valence-corrected chi connectivity index (χ4v) is 2.39. The van der Waals surface area contributed by atoms with Gasteiger partial charge in [0.1, 0.15) is 5.52 Å². The third kappa shape index (κ3) is 1.36. The number of aromatic nitrogens is 1.